The van der Waals surface area contributed by atoms with E-state index in [0.717, 1.165) is 24.8 Å². The number of carbonyl (C=O) groups excluding carboxylic acids is 2. The number of aromatic nitrogens is 2. The lowest BCUT2D eigenvalue weighted by Crippen LogP contribution is -2.27. The highest BCUT2D eigenvalue weighted by atomic mass is 32.2. The Morgan fingerprint density at radius 3 is 2.83 bits per heavy atom. The molecule has 1 aromatic heterocycles. The minimum atomic E-state index is -0.591. The Morgan fingerprint density at radius 2 is 2.12 bits per heavy atom. The molecule has 3 rings (SSSR count). The number of carbonyl (C=O) groups is 2. The van der Waals surface area contributed by atoms with Crippen molar-refractivity contribution in [2.24, 2.45) is 12.8 Å². The van der Waals surface area contributed by atoms with Crippen molar-refractivity contribution in [2.45, 2.75) is 30.2 Å². The summed E-state index contributed by atoms with van der Waals surface area (Å²) < 4.78 is 1.50. The highest BCUT2D eigenvalue weighted by molar-refractivity contribution is 7.98. The van der Waals surface area contributed by atoms with Crippen molar-refractivity contribution in [1.82, 2.24) is 9.78 Å². The number of aryl methyl sites for hydroxylation is 2. The number of fused-ring (bicyclic) bond motifs is 1. The van der Waals surface area contributed by atoms with Gasteiger partial charge in [-0.15, -0.1) is 11.8 Å². The van der Waals surface area contributed by atoms with Crippen molar-refractivity contribution < 1.29 is 9.59 Å². The molecule has 6 nitrogen and oxygen atoms in total. The highest BCUT2D eigenvalue weighted by Crippen LogP contribution is 2.33. The van der Waals surface area contributed by atoms with Crippen molar-refractivity contribution in [2.75, 3.05) is 11.6 Å². The van der Waals surface area contributed by atoms with Gasteiger partial charge < -0.3 is 11.1 Å². The number of nitrogens with two attached hydrogens (primary N) is 1. The smallest absolute Gasteiger partial charge is 0.255 e. The number of benzene rings is 1. The maximum Gasteiger partial charge on any atom is 0.255 e. The first-order chi connectivity index (χ1) is 11.5. The topological polar surface area (TPSA) is 90.0 Å². The molecule has 3 N–H and O–H groups in total. The number of amides is 2. The summed E-state index contributed by atoms with van der Waals surface area (Å²) in [6, 6.07) is 8.02. The maximum atomic E-state index is 12.8. The Bertz CT molecular complexity index is 800. The van der Waals surface area contributed by atoms with E-state index in [1.165, 1.54) is 22.0 Å². The first-order valence-electron chi connectivity index (χ1n) is 7.82. The van der Waals surface area contributed by atoms with Crippen LogP contribution in [0.3, 0.4) is 0 Å². The van der Waals surface area contributed by atoms with E-state index in [9.17, 15) is 9.59 Å². The first kappa shape index (κ1) is 16.6. The molecule has 0 unspecified atom stereocenters. The number of rotatable bonds is 4. The van der Waals surface area contributed by atoms with Gasteiger partial charge in [-0.2, -0.15) is 5.10 Å². The molecule has 0 fully saturated rings. The van der Waals surface area contributed by atoms with E-state index in [0.29, 0.717) is 10.8 Å². The summed E-state index contributed by atoms with van der Waals surface area (Å²) in [7, 11) is 1.69. The van der Waals surface area contributed by atoms with Crippen LogP contribution < -0.4 is 11.1 Å². The third-order valence-electron chi connectivity index (χ3n) is 4.38. The number of nitrogens with zero attached hydrogens (tertiary/aromatic N) is 2. The van der Waals surface area contributed by atoms with Gasteiger partial charge >= 0.3 is 0 Å². The van der Waals surface area contributed by atoms with Crippen LogP contribution in [0.4, 0.5) is 5.82 Å². The highest BCUT2D eigenvalue weighted by Gasteiger charge is 2.29. The van der Waals surface area contributed by atoms with Crippen molar-refractivity contribution in [3.8, 4) is 0 Å². The van der Waals surface area contributed by atoms with Crippen LogP contribution in [-0.4, -0.2) is 27.9 Å². The molecule has 126 valence electrons. The predicted octanol–water partition coefficient (Wildman–Crippen LogP) is 2.30. The summed E-state index contributed by atoms with van der Waals surface area (Å²) >= 11 is 1.33. The van der Waals surface area contributed by atoms with Gasteiger partial charge in [0.15, 0.2) is 0 Å². The summed E-state index contributed by atoms with van der Waals surface area (Å²) in [5, 5.41) is 7.65. The zero-order valence-electron chi connectivity index (χ0n) is 13.7. The molecule has 0 saturated heterocycles. The first-order valence-corrected chi connectivity index (χ1v) is 9.04. The minimum absolute atomic E-state index is 0.125. The van der Waals surface area contributed by atoms with Crippen LogP contribution in [0, 0.1) is 0 Å². The van der Waals surface area contributed by atoms with Crippen molar-refractivity contribution in [3.63, 3.8) is 0 Å². The molecule has 1 heterocycles. The Morgan fingerprint density at radius 1 is 1.38 bits per heavy atom. The van der Waals surface area contributed by atoms with Crippen molar-refractivity contribution in [1.29, 1.82) is 0 Å². The second-order valence-electron chi connectivity index (χ2n) is 5.85. The average Bonchev–Trinajstić information content (AvgIpc) is 2.90. The Kier molecular flexibility index (Phi) is 4.62. The quantitative estimate of drug-likeness (QED) is 0.833. The minimum Gasteiger partial charge on any atom is -0.365 e. The molecular weight excluding hydrogens is 324 g/mol. The molecule has 24 heavy (non-hydrogen) atoms. The van der Waals surface area contributed by atoms with Crippen LogP contribution in [0.5, 0.6) is 0 Å². The largest absolute Gasteiger partial charge is 0.365 e. The molecule has 0 aliphatic heterocycles. The normalized spacial score (nSPS) is 16.5. The molecule has 1 atom stereocenters. The van der Waals surface area contributed by atoms with Gasteiger partial charge in [-0.3, -0.25) is 14.3 Å². The summed E-state index contributed by atoms with van der Waals surface area (Å²) in [5.41, 5.74) is 8.02. The van der Waals surface area contributed by atoms with Gasteiger partial charge in [-0.05, 0) is 36.6 Å². The Balaban J connectivity index is 1.92. The summed E-state index contributed by atoms with van der Waals surface area (Å²) in [4.78, 5) is 24.6. The third kappa shape index (κ3) is 2.91. The maximum absolute atomic E-state index is 12.8. The third-order valence-corrected chi connectivity index (χ3v) is 5.05. The van der Waals surface area contributed by atoms with Crippen LogP contribution in [0.25, 0.3) is 0 Å². The van der Waals surface area contributed by atoms with Gasteiger partial charge in [0.25, 0.3) is 5.91 Å². The van der Waals surface area contributed by atoms with Gasteiger partial charge in [0.05, 0.1) is 5.92 Å². The predicted molar refractivity (Wildman–Crippen MR) is 94.3 cm³/mol. The second kappa shape index (κ2) is 6.68. The van der Waals surface area contributed by atoms with Gasteiger partial charge in [-0.25, -0.2) is 0 Å². The van der Waals surface area contributed by atoms with Gasteiger partial charge in [-0.1, -0.05) is 24.3 Å². The fraction of sp³-hybridized carbons (Fsp3) is 0.353. The van der Waals surface area contributed by atoms with E-state index >= 15 is 0 Å². The van der Waals surface area contributed by atoms with Crippen LogP contribution in [0.1, 0.15) is 40.2 Å². The molecule has 0 bridgehead atoms. The number of hydrogen-bond acceptors (Lipinski definition) is 4. The second-order valence-corrected chi connectivity index (χ2v) is 6.65. The number of hydrogen-bond donors (Lipinski definition) is 2. The van der Waals surface area contributed by atoms with E-state index < -0.39 is 5.91 Å². The van der Waals surface area contributed by atoms with E-state index in [1.807, 2.05) is 24.5 Å². The van der Waals surface area contributed by atoms with Crippen LogP contribution in [0.2, 0.25) is 0 Å². The van der Waals surface area contributed by atoms with E-state index in [4.69, 9.17) is 5.73 Å². The molecule has 2 aromatic rings. The van der Waals surface area contributed by atoms with Crippen LogP contribution in [0.15, 0.2) is 29.3 Å². The molecule has 7 heteroatoms. The van der Waals surface area contributed by atoms with Gasteiger partial charge in [0, 0.05) is 7.05 Å². The molecule has 0 radical (unpaired) electrons. The zero-order chi connectivity index (χ0) is 17.3. The van der Waals surface area contributed by atoms with Crippen LogP contribution >= 0.6 is 11.8 Å². The molecule has 1 aliphatic carbocycles. The molecule has 0 saturated carbocycles. The number of anilines is 1. The lowest BCUT2D eigenvalue weighted by molar-refractivity contribution is -0.117. The number of primary amides is 1. The van der Waals surface area contributed by atoms with E-state index in [-0.39, 0.29) is 17.4 Å². The molecular formula is C17H20N4O2S. The molecule has 1 aliphatic rings. The average molecular weight is 344 g/mol. The molecule has 1 aromatic carbocycles. The summed E-state index contributed by atoms with van der Waals surface area (Å²) in [6.45, 7) is 0. The lowest BCUT2D eigenvalue weighted by atomic mass is 9.82. The summed E-state index contributed by atoms with van der Waals surface area (Å²) in [5.74, 6) is -0.574. The monoisotopic (exact) mass is 344 g/mol. The fourth-order valence-electron chi connectivity index (χ4n) is 3.24. The van der Waals surface area contributed by atoms with E-state index in [1.54, 1.807) is 7.05 Å². The fourth-order valence-corrected chi connectivity index (χ4v) is 3.84. The Hall–Kier alpha value is -2.28. The lowest BCUT2D eigenvalue weighted by Gasteiger charge is -2.24. The Labute approximate surface area is 144 Å². The van der Waals surface area contributed by atoms with E-state index in [2.05, 4.69) is 16.5 Å². The zero-order valence-corrected chi connectivity index (χ0v) is 14.5. The van der Waals surface area contributed by atoms with Gasteiger partial charge in [0.2, 0.25) is 5.91 Å². The van der Waals surface area contributed by atoms with Crippen molar-refractivity contribution >= 4 is 29.4 Å². The standard InChI is InChI=1S/C17H20N4O2S/c1-21-15(13(14(18)22)17(20-21)24-2)19-16(23)12-9-5-7-10-6-3-4-8-11(10)12/h3-4,6,8,12H,5,7,9H2,1-2H3,(H2,18,22)(H,19,23)/t12-/m1/s1. The molecule has 2 amide bonds. The SMILES string of the molecule is CSc1nn(C)c(NC(=O)[C@@H]2CCCc3ccccc32)c1C(N)=O. The summed E-state index contributed by atoms with van der Waals surface area (Å²) in [6.07, 6.45) is 4.58. The van der Waals surface area contributed by atoms with Crippen LogP contribution in [-0.2, 0) is 18.3 Å². The number of thioether (sulfide) groups is 1. The molecule has 0 spiro atoms. The number of nitrogens with one attached hydrogen (secondary N) is 1. The van der Waals surface area contributed by atoms with Crippen molar-refractivity contribution in [3.05, 3.63) is 41.0 Å². The van der Waals surface area contributed by atoms with Gasteiger partial charge in [0.1, 0.15) is 16.4 Å².